The molecule has 0 unspecified atom stereocenters. The quantitative estimate of drug-likeness (QED) is 0.808. The van der Waals surface area contributed by atoms with Gasteiger partial charge in [-0.15, -0.1) is 0 Å². The van der Waals surface area contributed by atoms with E-state index in [1.54, 1.807) is 0 Å². The summed E-state index contributed by atoms with van der Waals surface area (Å²) in [6, 6.07) is 2.44. The molecule has 1 aromatic carbocycles. The zero-order valence-corrected chi connectivity index (χ0v) is 9.83. The number of hydrogen-bond acceptors (Lipinski definition) is 2. The summed E-state index contributed by atoms with van der Waals surface area (Å²) in [5.41, 5.74) is 0.541. The molecule has 2 nitrogen and oxygen atoms in total. The minimum atomic E-state index is -0.444. The first-order valence-electron chi connectivity index (χ1n) is 4.61. The van der Waals surface area contributed by atoms with E-state index in [1.807, 2.05) is 6.92 Å². The average Bonchev–Trinajstić information content (AvgIpc) is 2.15. The van der Waals surface area contributed by atoms with Crippen LogP contribution in [0.5, 0.6) is 0 Å². The van der Waals surface area contributed by atoms with Gasteiger partial charge in [-0.2, -0.15) is 0 Å². The molecule has 0 atom stereocenters. The van der Waals surface area contributed by atoms with Crippen LogP contribution in [0, 0.1) is 5.82 Å². The first-order chi connectivity index (χ1) is 7.15. The number of benzene rings is 1. The molecule has 5 heteroatoms. The largest absolute Gasteiger partial charge is 0.380 e. The predicted octanol–water partition coefficient (Wildman–Crippen LogP) is 3.58. The Morgan fingerprint density at radius 3 is 2.47 bits per heavy atom. The van der Waals surface area contributed by atoms with Crippen molar-refractivity contribution in [3.05, 3.63) is 28.0 Å². The van der Waals surface area contributed by atoms with Crippen molar-refractivity contribution in [1.29, 1.82) is 0 Å². The summed E-state index contributed by atoms with van der Waals surface area (Å²) in [5, 5.41) is 3.54. The van der Waals surface area contributed by atoms with Crippen LogP contribution in [0.25, 0.3) is 0 Å². The van der Waals surface area contributed by atoms with Crippen molar-refractivity contribution in [3.63, 3.8) is 0 Å². The molecule has 0 bridgehead atoms. The Hall–Kier alpha value is -0.510. The van der Waals surface area contributed by atoms with Crippen molar-refractivity contribution < 1.29 is 9.13 Å². The minimum Gasteiger partial charge on any atom is -0.380 e. The maximum Gasteiger partial charge on any atom is 0.126 e. The lowest BCUT2D eigenvalue weighted by Gasteiger charge is -2.10. The molecule has 0 radical (unpaired) electrons. The van der Waals surface area contributed by atoms with E-state index in [4.69, 9.17) is 27.9 Å². The zero-order chi connectivity index (χ0) is 11.3. The van der Waals surface area contributed by atoms with Crippen molar-refractivity contribution in [1.82, 2.24) is 0 Å². The SMILES string of the molecule is CCOCCNc1c(Cl)cc(F)cc1Cl. The highest BCUT2D eigenvalue weighted by Gasteiger charge is 2.07. The molecule has 1 N–H and O–H groups in total. The smallest absolute Gasteiger partial charge is 0.126 e. The van der Waals surface area contributed by atoms with Gasteiger partial charge in [-0.1, -0.05) is 23.2 Å². The Morgan fingerprint density at radius 2 is 1.93 bits per heavy atom. The van der Waals surface area contributed by atoms with Crippen molar-refractivity contribution >= 4 is 28.9 Å². The first kappa shape index (κ1) is 12.6. The van der Waals surface area contributed by atoms with Crippen LogP contribution in [0.15, 0.2) is 12.1 Å². The van der Waals surface area contributed by atoms with Gasteiger partial charge in [0, 0.05) is 13.2 Å². The number of halogens is 3. The van der Waals surface area contributed by atoms with Gasteiger partial charge < -0.3 is 10.1 Å². The highest BCUT2D eigenvalue weighted by molar-refractivity contribution is 6.39. The highest BCUT2D eigenvalue weighted by atomic mass is 35.5. The molecule has 15 heavy (non-hydrogen) atoms. The summed E-state index contributed by atoms with van der Waals surface area (Å²) in [4.78, 5) is 0. The molecule has 0 heterocycles. The van der Waals surface area contributed by atoms with Crippen LogP contribution in [0.1, 0.15) is 6.92 Å². The molecular formula is C10H12Cl2FNO. The second-order valence-electron chi connectivity index (χ2n) is 2.87. The monoisotopic (exact) mass is 251 g/mol. The molecule has 1 aromatic rings. The van der Waals surface area contributed by atoms with Crippen LogP contribution in [-0.4, -0.2) is 19.8 Å². The van der Waals surface area contributed by atoms with Crippen LogP contribution < -0.4 is 5.32 Å². The Bertz CT molecular complexity index is 310. The Morgan fingerprint density at radius 1 is 1.33 bits per heavy atom. The van der Waals surface area contributed by atoms with Gasteiger partial charge in [-0.25, -0.2) is 4.39 Å². The maximum atomic E-state index is 12.8. The predicted molar refractivity (Wildman–Crippen MR) is 61.4 cm³/mol. The van der Waals surface area contributed by atoms with Crippen molar-refractivity contribution in [2.24, 2.45) is 0 Å². The van der Waals surface area contributed by atoms with Crippen molar-refractivity contribution in [2.45, 2.75) is 6.92 Å². The first-order valence-corrected chi connectivity index (χ1v) is 5.37. The van der Waals surface area contributed by atoms with E-state index < -0.39 is 5.82 Å². The van der Waals surface area contributed by atoms with Crippen molar-refractivity contribution in [3.8, 4) is 0 Å². The van der Waals surface area contributed by atoms with E-state index in [1.165, 1.54) is 12.1 Å². The number of anilines is 1. The Balaban J connectivity index is 2.60. The molecule has 0 aliphatic rings. The van der Waals surface area contributed by atoms with E-state index in [9.17, 15) is 4.39 Å². The zero-order valence-electron chi connectivity index (χ0n) is 8.32. The summed E-state index contributed by atoms with van der Waals surface area (Å²) < 4.78 is 18.0. The molecule has 0 aliphatic carbocycles. The number of ether oxygens (including phenoxy) is 1. The lowest BCUT2D eigenvalue weighted by molar-refractivity contribution is 0.158. The fraction of sp³-hybridized carbons (Fsp3) is 0.400. The number of nitrogens with one attached hydrogen (secondary N) is 1. The van der Waals surface area contributed by atoms with Crippen LogP contribution in [0.3, 0.4) is 0 Å². The van der Waals surface area contributed by atoms with Gasteiger partial charge >= 0.3 is 0 Å². The van der Waals surface area contributed by atoms with E-state index >= 15 is 0 Å². The third-order valence-electron chi connectivity index (χ3n) is 1.76. The standard InChI is InChI=1S/C10H12Cl2FNO/c1-2-15-4-3-14-10-8(11)5-7(13)6-9(10)12/h5-6,14H,2-4H2,1H3. The topological polar surface area (TPSA) is 21.3 Å². The maximum absolute atomic E-state index is 12.8. The molecule has 0 fully saturated rings. The van der Waals surface area contributed by atoms with Gasteiger partial charge in [-0.05, 0) is 19.1 Å². The molecule has 0 amide bonds. The Kier molecular flexibility index (Phi) is 5.15. The van der Waals surface area contributed by atoms with Gasteiger partial charge in [0.15, 0.2) is 0 Å². The average molecular weight is 252 g/mol. The third kappa shape index (κ3) is 3.86. The second-order valence-corrected chi connectivity index (χ2v) is 3.68. The summed E-state index contributed by atoms with van der Waals surface area (Å²) in [6.45, 7) is 3.71. The molecular weight excluding hydrogens is 240 g/mol. The highest BCUT2D eigenvalue weighted by Crippen LogP contribution is 2.30. The third-order valence-corrected chi connectivity index (χ3v) is 2.36. The van der Waals surface area contributed by atoms with E-state index in [2.05, 4.69) is 5.32 Å². The van der Waals surface area contributed by atoms with E-state index in [-0.39, 0.29) is 10.0 Å². The molecule has 0 aliphatic heterocycles. The molecule has 84 valence electrons. The summed E-state index contributed by atoms with van der Waals surface area (Å²) in [6.07, 6.45) is 0. The molecule has 0 saturated carbocycles. The van der Waals surface area contributed by atoms with E-state index in [0.717, 1.165) is 0 Å². The van der Waals surface area contributed by atoms with Gasteiger partial charge in [0.05, 0.1) is 22.3 Å². The summed E-state index contributed by atoms with van der Waals surface area (Å²) in [5.74, 6) is -0.444. The van der Waals surface area contributed by atoms with Gasteiger partial charge in [0.25, 0.3) is 0 Å². The van der Waals surface area contributed by atoms with Gasteiger partial charge in [0.2, 0.25) is 0 Å². The Labute approximate surface area is 98.3 Å². The van der Waals surface area contributed by atoms with Crippen LogP contribution >= 0.6 is 23.2 Å². The van der Waals surface area contributed by atoms with Crippen LogP contribution in [0.2, 0.25) is 10.0 Å². The normalized spacial score (nSPS) is 10.4. The summed E-state index contributed by atoms with van der Waals surface area (Å²) in [7, 11) is 0. The molecule has 0 spiro atoms. The number of hydrogen-bond donors (Lipinski definition) is 1. The lowest BCUT2D eigenvalue weighted by Crippen LogP contribution is -2.09. The lowest BCUT2D eigenvalue weighted by atomic mass is 10.3. The molecule has 1 rings (SSSR count). The fourth-order valence-electron chi connectivity index (χ4n) is 1.10. The van der Waals surface area contributed by atoms with Gasteiger partial charge in [0.1, 0.15) is 5.82 Å². The van der Waals surface area contributed by atoms with Gasteiger partial charge in [-0.3, -0.25) is 0 Å². The van der Waals surface area contributed by atoms with Crippen LogP contribution in [0.4, 0.5) is 10.1 Å². The fourth-order valence-corrected chi connectivity index (χ4v) is 1.70. The second kappa shape index (κ2) is 6.16. The number of rotatable bonds is 5. The summed E-state index contributed by atoms with van der Waals surface area (Å²) >= 11 is 11.6. The van der Waals surface area contributed by atoms with Crippen LogP contribution in [-0.2, 0) is 4.74 Å². The molecule has 0 aromatic heterocycles. The minimum absolute atomic E-state index is 0.275. The molecule has 0 saturated heterocycles. The van der Waals surface area contributed by atoms with E-state index in [0.29, 0.717) is 25.4 Å². The van der Waals surface area contributed by atoms with Crippen molar-refractivity contribution in [2.75, 3.05) is 25.1 Å².